The predicted molar refractivity (Wildman–Crippen MR) is 77.0 cm³/mol. The lowest BCUT2D eigenvalue weighted by atomic mass is 10.1. The Morgan fingerprint density at radius 1 is 1.37 bits per heavy atom. The number of nitrogen functional groups attached to an aromatic ring is 1. The van der Waals surface area contributed by atoms with Crippen molar-refractivity contribution in [3.05, 3.63) is 45.7 Å². The summed E-state index contributed by atoms with van der Waals surface area (Å²) >= 11 is 11.7. The molecule has 0 aliphatic carbocycles. The monoisotopic (exact) mass is 295 g/mol. The van der Waals surface area contributed by atoms with E-state index in [1.807, 2.05) is 12.1 Å². The lowest BCUT2D eigenvalue weighted by molar-refractivity contribution is 0.0985. The molecule has 0 bridgehead atoms. The van der Waals surface area contributed by atoms with Gasteiger partial charge in [0.05, 0.1) is 16.4 Å². The van der Waals surface area contributed by atoms with Crippen molar-refractivity contribution >= 4 is 40.5 Å². The number of benzene rings is 1. The number of hydrogen-bond acceptors (Lipinski definition) is 2. The quantitative estimate of drug-likeness (QED) is 0.794. The zero-order valence-electron chi connectivity index (χ0n) is 9.91. The summed E-state index contributed by atoms with van der Waals surface area (Å²) in [7, 11) is 0. The first-order valence-corrected chi connectivity index (χ1v) is 6.57. The standard InChI is InChI=1S/C13H11Cl2N3O/c14-8-6-10(17-12(8)15)13(19)18-5-4-7-2-1-3-9(16)11(7)18/h1-3,6,17H,4-5,16H2. The Kier molecular flexibility index (Phi) is 2.92. The predicted octanol–water partition coefficient (Wildman–Crippen LogP) is 3.11. The molecule has 1 amide bonds. The molecule has 0 atom stereocenters. The van der Waals surface area contributed by atoms with Crippen molar-refractivity contribution in [1.29, 1.82) is 0 Å². The van der Waals surface area contributed by atoms with Gasteiger partial charge >= 0.3 is 0 Å². The van der Waals surface area contributed by atoms with Gasteiger partial charge in [0.1, 0.15) is 10.8 Å². The summed E-state index contributed by atoms with van der Waals surface area (Å²) in [4.78, 5) is 16.9. The number of aromatic nitrogens is 1. The third kappa shape index (κ3) is 1.97. The number of amides is 1. The molecule has 0 fully saturated rings. The summed E-state index contributed by atoms with van der Waals surface area (Å²) < 4.78 is 0. The highest BCUT2D eigenvalue weighted by Gasteiger charge is 2.28. The Bertz CT molecular complexity index is 646. The van der Waals surface area contributed by atoms with Crippen molar-refractivity contribution < 1.29 is 4.79 Å². The van der Waals surface area contributed by atoms with Crippen LogP contribution in [0.2, 0.25) is 10.2 Å². The molecule has 0 radical (unpaired) electrons. The second kappa shape index (κ2) is 4.47. The van der Waals surface area contributed by atoms with Gasteiger partial charge in [-0.15, -0.1) is 0 Å². The largest absolute Gasteiger partial charge is 0.397 e. The Balaban J connectivity index is 2.00. The Hall–Kier alpha value is -1.65. The average Bonchev–Trinajstić information content (AvgIpc) is 2.94. The van der Waals surface area contributed by atoms with Gasteiger partial charge in [-0.2, -0.15) is 0 Å². The molecule has 6 heteroatoms. The van der Waals surface area contributed by atoms with Crippen LogP contribution in [0, 0.1) is 0 Å². The number of halogens is 2. The van der Waals surface area contributed by atoms with E-state index in [9.17, 15) is 4.79 Å². The number of nitrogens with one attached hydrogen (secondary N) is 1. The van der Waals surface area contributed by atoms with Crippen LogP contribution in [0.1, 0.15) is 16.1 Å². The van der Waals surface area contributed by atoms with Gasteiger partial charge in [0, 0.05) is 6.54 Å². The van der Waals surface area contributed by atoms with Crippen LogP contribution >= 0.6 is 23.2 Å². The number of rotatable bonds is 1. The minimum absolute atomic E-state index is 0.176. The summed E-state index contributed by atoms with van der Waals surface area (Å²) in [6.07, 6.45) is 0.800. The third-order valence-electron chi connectivity index (χ3n) is 3.23. The van der Waals surface area contributed by atoms with E-state index in [2.05, 4.69) is 4.98 Å². The van der Waals surface area contributed by atoms with Gasteiger partial charge in [-0.05, 0) is 24.1 Å². The Morgan fingerprint density at radius 3 is 2.84 bits per heavy atom. The molecule has 19 heavy (non-hydrogen) atoms. The summed E-state index contributed by atoms with van der Waals surface area (Å²) in [6.45, 7) is 0.608. The second-order valence-corrected chi connectivity index (χ2v) is 5.19. The SMILES string of the molecule is Nc1cccc2c1N(C(=O)c1cc(Cl)c(Cl)[nH]1)CC2. The van der Waals surface area contributed by atoms with Crippen LogP contribution < -0.4 is 10.6 Å². The zero-order chi connectivity index (χ0) is 13.6. The van der Waals surface area contributed by atoms with Crippen molar-refractivity contribution in [3.63, 3.8) is 0 Å². The highest BCUT2D eigenvalue weighted by Crippen LogP contribution is 2.35. The number of nitrogens with two attached hydrogens (primary N) is 1. The number of para-hydroxylation sites is 1. The van der Waals surface area contributed by atoms with Crippen LogP contribution in [0.15, 0.2) is 24.3 Å². The van der Waals surface area contributed by atoms with Crippen molar-refractivity contribution in [2.24, 2.45) is 0 Å². The smallest absolute Gasteiger partial charge is 0.274 e. The maximum atomic E-state index is 12.4. The highest BCUT2D eigenvalue weighted by atomic mass is 35.5. The molecule has 2 aromatic rings. The van der Waals surface area contributed by atoms with E-state index >= 15 is 0 Å². The van der Waals surface area contributed by atoms with Gasteiger partial charge in [0.25, 0.3) is 5.91 Å². The molecule has 0 unspecified atom stereocenters. The molecule has 3 rings (SSSR count). The fraction of sp³-hybridized carbons (Fsp3) is 0.154. The minimum Gasteiger partial charge on any atom is -0.397 e. The lowest BCUT2D eigenvalue weighted by Crippen LogP contribution is -2.29. The fourth-order valence-corrected chi connectivity index (χ4v) is 2.67. The number of aromatic amines is 1. The molecule has 0 spiro atoms. The second-order valence-electron chi connectivity index (χ2n) is 4.41. The first-order chi connectivity index (χ1) is 9.08. The van der Waals surface area contributed by atoms with Gasteiger partial charge < -0.3 is 15.6 Å². The number of nitrogens with zero attached hydrogens (tertiary/aromatic N) is 1. The van der Waals surface area contributed by atoms with Crippen molar-refractivity contribution in [2.45, 2.75) is 6.42 Å². The van der Waals surface area contributed by atoms with Gasteiger partial charge in [-0.3, -0.25) is 4.79 Å². The van der Waals surface area contributed by atoms with E-state index in [4.69, 9.17) is 28.9 Å². The van der Waals surface area contributed by atoms with Gasteiger partial charge in [-0.25, -0.2) is 0 Å². The molecule has 4 nitrogen and oxygen atoms in total. The van der Waals surface area contributed by atoms with E-state index in [1.54, 1.807) is 11.0 Å². The van der Waals surface area contributed by atoms with Crippen LogP contribution in [0.4, 0.5) is 11.4 Å². The molecular formula is C13H11Cl2N3O. The summed E-state index contributed by atoms with van der Waals surface area (Å²) in [5, 5.41) is 0.607. The number of H-pyrrole nitrogens is 1. The molecule has 1 aromatic carbocycles. The summed E-state index contributed by atoms with van der Waals surface area (Å²) in [6, 6.07) is 7.20. The summed E-state index contributed by atoms with van der Waals surface area (Å²) in [5.74, 6) is -0.176. The molecule has 0 saturated heterocycles. The number of carbonyl (C=O) groups is 1. The van der Waals surface area contributed by atoms with E-state index in [0.717, 1.165) is 17.7 Å². The van der Waals surface area contributed by atoms with Crippen molar-refractivity contribution in [2.75, 3.05) is 17.2 Å². The Morgan fingerprint density at radius 2 is 2.16 bits per heavy atom. The third-order valence-corrected chi connectivity index (χ3v) is 3.92. The van der Waals surface area contributed by atoms with Gasteiger partial charge in [0.15, 0.2) is 0 Å². The highest BCUT2D eigenvalue weighted by molar-refractivity contribution is 6.41. The Labute approximate surface area is 120 Å². The van der Waals surface area contributed by atoms with E-state index in [1.165, 1.54) is 6.07 Å². The number of anilines is 2. The van der Waals surface area contributed by atoms with Crippen molar-refractivity contribution in [3.8, 4) is 0 Å². The molecule has 0 saturated carbocycles. The maximum Gasteiger partial charge on any atom is 0.274 e. The van der Waals surface area contributed by atoms with Gasteiger partial charge in [0.2, 0.25) is 0 Å². The van der Waals surface area contributed by atoms with E-state index in [-0.39, 0.29) is 11.1 Å². The molecule has 1 aromatic heterocycles. The first kappa shape index (κ1) is 12.4. The molecular weight excluding hydrogens is 285 g/mol. The van der Waals surface area contributed by atoms with Crippen molar-refractivity contribution in [1.82, 2.24) is 4.98 Å². The maximum absolute atomic E-state index is 12.4. The van der Waals surface area contributed by atoms with Crippen LogP contribution in [-0.4, -0.2) is 17.4 Å². The number of fused-ring (bicyclic) bond motifs is 1. The average molecular weight is 296 g/mol. The zero-order valence-corrected chi connectivity index (χ0v) is 11.4. The first-order valence-electron chi connectivity index (χ1n) is 5.81. The van der Waals surface area contributed by atoms with Crippen LogP contribution in [0.25, 0.3) is 0 Å². The van der Waals surface area contributed by atoms with E-state index in [0.29, 0.717) is 22.9 Å². The molecule has 1 aliphatic rings. The molecule has 2 heterocycles. The van der Waals surface area contributed by atoms with E-state index < -0.39 is 0 Å². The fourth-order valence-electron chi connectivity index (χ4n) is 2.35. The lowest BCUT2D eigenvalue weighted by Gasteiger charge is -2.18. The van der Waals surface area contributed by atoms with Crippen LogP contribution in [0.5, 0.6) is 0 Å². The minimum atomic E-state index is -0.176. The van der Waals surface area contributed by atoms with Crippen LogP contribution in [0.3, 0.4) is 0 Å². The van der Waals surface area contributed by atoms with Gasteiger partial charge in [-0.1, -0.05) is 35.3 Å². The summed E-state index contributed by atoms with van der Waals surface area (Å²) in [5.41, 5.74) is 8.79. The normalized spacial score (nSPS) is 13.7. The number of carbonyl (C=O) groups excluding carboxylic acids is 1. The molecule has 3 N–H and O–H groups in total. The van der Waals surface area contributed by atoms with Crippen LogP contribution in [-0.2, 0) is 6.42 Å². The number of hydrogen-bond donors (Lipinski definition) is 2. The molecule has 1 aliphatic heterocycles. The molecule has 98 valence electrons. The topological polar surface area (TPSA) is 62.1 Å².